The Morgan fingerprint density at radius 1 is 0.947 bits per heavy atom. The molecule has 0 heterocycles. The third kappa shape index (κ3) is 8.59. The van der Waals surface area contributed by atoms with Gasteiger partial charge in [-0.3, -0.25) is 4.79 Å². The van der Waals surface area contributed by atoms with Gasteiger partial charge in [0.2, 0.25) is 0 Å². The highest BCUT2D eigenvalue weighted by atomic mass is 16.6. The molecule has 6 nitrogen and oxygen atoms in total. The topological polar surface area (TPSA) is 78.9 Å². The first-order valence-electron chi connectivity index (χ1n) is 5.77. The molecule has 0 aliphatic heterocycles. The minimum absolute atomic E-state index is 0.00151. The van der Waals surface area contributed by atoms with Crippen LogP contribution < -0.4 is 0 Å². The van der Waals surface area contributed by atoms with Gasteiger partial charge in [-0.1, -0.05) is 20.1 Å². The SMILES string of the molecule is C=CC(=O)OCC(COC(=O)C=C)COC(=O)CC. The van der Waals surface area contributed by atoms with Crippen LogP contribution in [0.1, 0.15) is 13.3 Å². The van der Waals surface area contributed by atoms with Crippen LogP contribution in [0, 0.1) is 5.92 Å². The smallest absolute Gasteiger partial charge is 0.330 e. The van der Waals surface area contributed by atoms with Crippen molar-refractivity contribution in [2.24, 2.45) is 5.92 Å². The number of carbonyl (C=O) groups excluding carboxylic acids is 3. The zero-order valence-electron chi connectivity index (χ0n) is 10.9. The highest BCUT2D eigenvalue weighted by molar-refractivity contribution is 5.81. The van der Waals surface area contributed by atoms with Gasteiger partial charge in [0.1, 0.15) is 19.8 Å². The van der Waals surface area contributed by atoms with E-state index in [1.807, 2.05) is 0 Å². The Balaban J connectivity index is 4.23. The molecule has 0 rings (SSSR count). The van der Waals surface area contributed by atoms with E-state index < -0.39 is 17.9 Å². The Morgan fingerprint density at radius 3 is 1.74 bits per heavy atom. The van der Waals surface area contributed by atoms with Gasteiger partial charge in [0.15, 0.2) is 0 Å². The predicted octanol–water partition coefficient (Wildman–Crippen LogP) is 1.01. The zero-order chi connectivity index (χ0) is 14.7. The van der Waals surface area contributed by atoms with Crippen LogP contribution >= 0.6 is 0 Å². The molecule has 0 amide bonds. The Morgan fingerprint density at radius 2 is 1.37 bits per heavy atom. The van der Waals surface area contributed by atoms with Crippen LogP contribution in [0.2, 0.25) is 0 Å². The molecular weight excluding hydrogens is 252 g/mol. The first-order valence-corrected chi connectivity index (χ1v) is 5.77. The van der Waals surface area contributed by atoms with Gasteiger partial charge in [0.25, 0.3) is 0 Å². The predicted molar refractivity (Wildman–Crippen MR) is 67.1 cm³/mol. The largest absolute Gasteiger partial charge is 0.465 e. The standard InChI is InChI=1S/C13H18O6/c1-4-11(14)17-7-10(8-18-12(15)5-2)9-19-13(16)6-3/h4-5,10H,1-2,6-9H2,3H3. The third-order valence-corrected chi connectivity index (χ3v) is 2.02. The molecule has 0 aromatic carbocycles. The van der Waals surface area contributed by atoms with Crippen LogP contribution in [-0.4, -0.2) is 37.7 Å². The van der Waals surface area contributed by atoms with Gasteiger partial charge in [-0.25, -0.2) is 9.59 Å². The summed E-state index contributed by atoms with van der Waals surface area (Å²) in [5.74, 6) is -2.00. The van der Waals surface area contributed by atoms with Gasteiger partial charge in [-0.05, 0) is 0 Å². The fourth-order valence-electron chi connectivity index (χ4n) is 0.975. The average molecular weight is 270 g/mol. The fraction of sp³-hybridized carbons (Fsp3) is 0.462. The maximum absolute atomic E-state index is 11.0. The van der Waals surface area contributed by atoms with Gasteiger partial charge in [0.05, 0.1) is 5.92 Å². The quantitative estimate of drug-likeness (QED) is 0.353. The van der Waals surface area contributed by atoms with E-state index in [4.69, 9.17) is 14.2 Å². The zero-order valence-corrected chi connectivity index (χ0v) is 10.9. The molecule has 0 fully saturated rings. The van der Waals surface area contributed by atoms with Crippen LogP contribution in [-0.2, 0) is 28.6 Å². The highest BCUT2D eigenvalue weighted by Crippen LogP contribution is 2.03. The number of rotatable bonds is 9. The van der Waals surface area contributed by atoms with E-state index >= 15 is 0 Å². The van der Waals surface area contributed by atoms with E-state index in [-0.39, 0.29) is 32.2 Å². The Kier molecular flexibility index (Phi) is 8.78. The average Bonchev–Trinajstić information content (AvgIpc) is 2.44. The fourth-order valence-corrected chi connectivity index (χ4v) is 0.975. The Labute approximate surface area is 112 Å². The summed E-state index contributed by atoms with van der Waals surface area (Å²) in [4.78, 5) is 32.9. The van der Waals surface area contributed by atoms with Crippen LogP contribution in [0.25, 0.3) is 0 Å². The first kappa shape index (κ1) is 16.9. The van der Waals surface area contributed by atoms with Crippen molar-refractivity contribution in [3.63, 3.8) is 0 Å². The summed E-state index contributed by atoms with van der Waals surface area (Å²) in [6, 6.07) is 0. The van der Waals surface area contributed by atoms with E-state index in [1.165, 1.54) is 0 Å². The molecule has 0 atom stereocenters. The molecule has 6 heteroatoms. The second-order valence-electron chi connectivity index (χ2n) is 3.57. The lowest BCUT2D eigenvalue weighted by Crippen LogP contribution is -2.25. The lowest BCUT2D eigenvalue weighted by Gasteiger charge is -2.16. The van der Waals surface area contributed by atoms with E-state index in [0.29, 0.717) is 0 Å². The number of hydrogen-bond donors (Lipinski definition) is 0. The molecule has 0 aromatic rings. The van der Waals surface area contributed by atoms with Crippen molar-refractivity contribution >= 4 is 17.9 Å². The van der Waals surface area contributed by atoms with Crippen molar-refractivity contribution < 1.29 is 28.6 Å². The van der Waals surface area contributed by atoms with Crippen molar-refractivity contribution in [2.75, 3.05) is 19.8 Å². The Bertz CT molecular complexity index is 323. The summed E-state index contributed by atoms with van der Waals surface area (Å²) in [6.07, 6.45) is 2.28. The lowest BCUT2D eigenvalue weighted by atomic mass is 10.2. The van der Waals surface area contributed by atoms with Crippen LogP contribution in [0.15, 0.2) is 25.3 Å². The summed E-state index contributed by atoms with van der Waals surface area (Å²) in [5.41, 5.74) is 0. The van der Waals surface area contributed by atoms with E-state index in [2.05, 4.69) is 13.2 Å². The maximum Gasteiger partial charge on any atom is 0.330 e. The molecule has 0 saturated heterocycles. The second kappa shape index (κ2) is 9.87. The molecular formula is C13H18O6. The third-order valence-electron chi connectivity index (χ3n) is 2.02. The van der Waals surface area contributed by atoms with Gasteiger partial charge >= 0.3 is 17.9 Å². The van der Waals surface area contributed by atoms with Crippen LogP contribution in [0.4, 0.5) is 0 Å². The molecule has 0 radical (unpaired) electrons. The van der Waals surface area contributed by atoms with Crippen molar-refractivity contribution in [3.05, 3.63) is 25.3 Å². The normalized spacial score (nSPS) is 9.58. The second-order valence-corrected chi connectivity index (χ2v) is 3.57. The molecule has 0 saturated carbocycles. The maximum atomic E-state index is 11.0. The molecule has 0 bridgehead atoms. The molecule has 0 spiro atoms. The first-order chi connectivity index (χ1) is 9.03. The van der Waals surface area contributed by atoms with Crippen molar-refractivity contribution in [1.82, 2.24) is 0 Å². The van der Waals surface area contributed by atoms with E-state index in [9.17, 15) is 14.4 Å². The van der Waals surface area contributed by atoms with E-state index in [1.54, 1.807) is 6.92 Å². The Hall–Kier alpha value is -2.11. The van der Waals surface area contributed by atoms with Crippen LogP contribution in [0.3, 0.4) is 0 Å². The molecule has 0 aliphatic rings. The van der Waals surface area contributed by atoms with Crippen LogP contribution in [0.5, 0.6) is 0 Å². The molecule has 0 unspecified atom stereocenters. The number of esters is 3. The highest BCUT2D eigenvalue weighted by Gasteiger charge is 2.15. The summed E-state index contributed by atoms with van der Waals surface area (Å²) in [6.45, 7) is 8.10. The molecule has 0 aromatic heterocycles. The minimum Gasteiger partial charge on any atom is -0.465 e. The van der Waals surface area contributed by atoms with Gasteiger partial charge in [-0.2, -0.15) is 0 Å². The summed E-state index contributed by atoms with van der Waals surface area (Å²) < 4.78 is 14.6. The minimum atomic E-state index is -0.595. The summed E-state index contributed by atoms with van der Waals surface area (Å²) in [7, 11) is 0. The van der Waals surface area contributed by atoms with Crippen molar-refractivity contribution in [2.45, 2.75) is 13.3 Å². The van der Waals surface area contributed by atoms with Crippen molar-refractivity contribution in [1.29, 1.82) is 0 Å². The molecule has 0 aliphatic carbocycles. The number of ether oxygens (including phenoxy) is 3. The van der Waals surface area contributed by atoms with Gasteiger partial charge < -0.3 is 14.2 Å². The number of carbonyl (C=O) groups is 3. The lowest BCUT2D eigenvalue weighted by molar-refractivity contribution is -0.149. The molecule has 0 N–H and O–H groups in total. The van der Waals surface area contributed by atoms with Crippen molar-refractivity contribution in [3.8, 4) is 0 Å². The summed E-state index contributed by atoms with van der Waals surface area (Å²) >= 11 is 0. The van der Waals surface area contributed by atoms with Gasteiger partial charge in [0, 0.05) is 18.6 Å². The summed E-state index contributed by atoms with van der Waals surface area (Å²) in [5, 5.41) is 0. The van der Waals surface area contributed by atoms with Gasteiger partial charge in [-0.15, -0.1) is 0 Å². The monoisotopic (exact) mass is 270 g/mol. The number of hydrogen-bond acceptors (Lipinski definition) is 6. The molecule has 106 valence electrons. The van der Waals surface area contributed by atoms with E-state index in [0.717, 1.165) is 12.2 Å². The molecule has 19 heavy (non-hydrogen) atoms.